The fourth-order valence-corrected chi connectivity index (χ4v) is 3.14. The lowest BCUT2D eigenvalue weighted by Crippen LogP contribution is -2.16. The van der Waals surface area contributed by atoms with Crippen molar-refractivity contribution >= 4 is 17.6 Å². The minimum Gasteiger partial charge on any atom is -0.493 e. The first-order valence-corrected chi connectivity index (χ1v) is 9.96. The highest BCUT2D eigenvalue weighted by Crippen LogP contribution is 2.34. The van der Waals surface area contributed by atoms with Crippen LogP contribution in [0.4, 0.5) is 5.69 Å². The minimum atomic E-state index is -0.637. The molecule has 1 amide bonds. The van der Waals surface area contributed by atoms with Crippen LogP contribution in [-0.4, -0.2) is 35.9 Å². The molecule has 0 unspecified atom stereocenters. The second-order valence-corrected chi connectivity index (χ2v) is 6.88. The number of hydrogen-bond donors (Lipinski definition) is 1. The standard InChI is InChI=1S/C24H21N3O6/c1-30-21-13-18(19(14-22(21)31-2)26-23(28)20-5-3-12-32-20)24(29)33-15-16-6-8-17(9-7-16)27-11-4-10-25-27/h3-14H,15H2,1-2H3,(H,26,28). The highest BCUT2D eigenvalue weighted by atomic mass is 16.5. The number of ether oxygens (including phenoxy) is 3. The van der Waals surface area contributed by atoms with E-state index in [0.29, 0.717) is 11.5 Å². The lowest BCUT2D eigenvalue weighted by Gasteiger charge is -2.15. The van der Waals surface area contributed by atoms with Crippen LogP contribution in [0.3, 0.4) is 0 Å². The Labute approximate surface area is 189 Å². The molecular formula is C24H21N3O6. The number of methoxy groups -OCH3 is 2. The lowest BCUT2D eigenvalue weighted by molar-refractivity contribution is 0.0473. The number of carbonyl (C=O) groups is 2. The van der Waals surface area contributed by atoms with Crippen LogP contribution in [0.2, 0.25) is 0 Å². The van der Waals surface area contributed by atoms with Gasteiger partial charge in [-0.15, -0.1) is 0 Å². The number of esters is 1. The van der Waals surface area contributed by atoms with E-state index in [1.165, 1.54) is 38.7 Å². The number of anilines is 1. The van der Waals surface area contributed by atoms with Gasteiger partial charge in [-0.25, -0.2) is 9.48 Å². The number of furan rings is 1. The summed E-state index contributed by atoms with van der Waals surface area (Å²) in [6, 6.07) is 15.3. The third-order valence-electron chi connectivity index (χ3n) is 4.81. The maximum Gasteiger partial charge on any atom is 0.340 e. The lowest BCUT2D eigenvalue weighted by atomic mass is 10.1. The molecule has 9 heteroatoms. The zero-order valence-corrected chi connectivity index (χ0v) is 18.0. The molecule has 0 fully saturated rings. The smallest absolute Gasteiger partial charge is 0.340 e. The van der Waals surface area contributed by atoms with Crippen LogP contribution < -0.4 is 14.8 Å². The Hall–Kier alpha value is -4.53. The van der Waals surface area contributed by atoms with Gasteiger partial charge in [-0.05, 0) is 35.9 Å². The van der Waals surface area contributed by atoms with Crippen molar-refractivity contribution < 1.29 is 28.2 Å². The van der Waals surface area contributed by atoms with E-state index in [4.69, 9.17) is 18.6 Å². The molecule has 9 nitrogen and oxygen atoms in total. The molecule has 2 heterocycles. The number of benzene rings is 2. The predicted octanol–water partition coefficient (Wildman–Crippen LogP) is 4.09. The highest BCUT2D eigenvalue weighted by molar-refractivity contribution is 6.07. The van der Waals surface area contributed by atoms with Crippen LogP contribution in [0.1, 0.15) is 26.5 Å². The number of carbonyl (C=O) groups excluding carboxylic acids is 2. The van der Waals surface area contributed by atoms with E-state index in [0.717, 1.165) is 11.3 Å². The van der Waals surface area contributed by atoms with E-state index in [9.17, 15) is 9.59 Å². The topological polar surface area (TPSA) is 105 Å². The molecular weight excluding hydrogens is 426 g/mol. The zero-order chi connectivity index (χ0) is 23.2. The quantitative estimate of drug-likeness (QED) is 0.406. The molecule has 0 aliphatic heterocycles. The van der Waals surface area contributed by atoms with Gasteiger partial charge in [-0.2, -0.15) is 5.10 Å². The summed E-state index contributed by atoms with van der Waals surface area (Å²) in [6.45, 7) is 0.0398. The van der Waals surface area contributed by atoms with E-state index < -0.39 is 11.9 Å². The zero-order valence-electron chi connectivity index (χ0n) is 18.0. The van der Waals surface area contributed by atoms with Gasteiger partial charge in [0.05, 0.1) is 37.4 Å². The van der Waals surface area contributed by atoms with Gasteiger partial charge in [0.2, 0.25) is 0 Å². The maximum absolute atomic E-state index is 12.9. The van der Waals surface area contributed by atoms with E-state index in [1.54, 1.807) is 16.9 Å². The van der Waals surface area contributed by atoms with Crippen LogP contribution in [0.5, 0.6) is 11.5 Å². The Bertz CT molecular complexity index is 1230. The Morgan fingerprint density at radius 3 is 2.42 bits per heavy atom. The molecule has 2 aromatic heterocycles. The first-order valence-electron chi connectivity index (χ1n) is 9.96. The third kappa shape index (κ3) is 4.87. The fourth-order valence-electron chi connectivity index (χ4n) is 3.14. The van der Waals surface area contributed by atoms with Crippen LogP contribution in [-0.2, 0) is 11.3 Å². The Kier molecular flexibility index (Phi) is 6.40. The molecule has 0 aliphatic rings. The number of hydrogen-bond acceptors (Lipinski definition) is 7. The second kappa shape index (κ2) is 9.73. The second-order valence-electron chi connectivity index (χ2n) is 6.88. The highest BCUT2D eigenvalue weighted by Gasteiger charge is 2.21. The van der Waals surface area contributed by atoms with Crippen molar-refractivity contribution in [1.82, 2.24) is 9.78 Å². The van der Waals surface area contributed by atoms with Crippen molar-refractivity contribution in [2.24, 2.45) is 0 Å². The summed E-state index contributed by atoms with van der Waals surface area (Å²) < 4.78 is 22.9. The van der Waals surface area contributed by atoms with Crippen LogP contribution in [0, 0.1) is 0 Å². The number of amides is 1. The fraction of sp³-hybridized carbons (Fsp3) is 0.125. The van der Waals surface area contributed by atoms with E-state index >= 15 is 0 Å². The summed E-state index contributed by atoms with van der Waals surface area (Å²) in [6.07, 6.45) is 4.92. The van der Waals surface area contributed by atoms with Crippen LogP contribution in [0.25, 0.3) is 5.69 Å². The molecule has 0 bridgehead atoms. The SMILES string of the molecule is COc1cc(NC(=O)c2ccco2)c(C(=O)OCc2ccc(-n3cccn3)cc2)cc1OC. The molecule has 1 N–H and O–H groups in total. The minimum absolute atomic E-state index is 0.0398. The molecule has 33 heavy (non-hydrogen) atoms. The molecule has 0 saturated heterocycles. The molecule has 0 atom stereocenters. The van der Waals surface area contributed by atoms with Crippen molar-refractivity contribution in [3.63, 3.8) is 0 Å². The van der Waals surface area contributed by atoms with E-state index in [2.05, 4.69) is 10.4 Å². The normalized spacial score (nSPS) is 10.5. The first-order chi connectivity index (χ1) is 16.1. The molecule has 4 aromatic rings. The predicted molar refractivity (Wildman–Crippen MR) is 119 cm³/mol. The average molecular weight is 447 g/mol. The maximum atomic E-state index is 12.9. The molecule has 0 saturated carbocycles. The van der Waals surface area contributed by atoms with Crippen molar-refractivity contribution in [2.75, 3.05) is 19.5 Å². The van der Waals surface area contributed by atoms with Crippen LogP contribution >= 0.6 is 0 Å². The molecule has 0 spiro atoms. The van der Waals surface area contributed by atoms with Gasteiger partial charge in [0.1, 0.15) is 6.61 Å². The Morgan fingerprint density at radius 2 is 1.79 bits per heavy atom. The van der Waals surface area contributed by atoms with Gasteiger partial charge in [-0.3, -0.25) is 4.79 Å². The summed E-state index contributed by atoms with van der Waals surface area (Å²) in [5.74, 6) is -0.388. The van der Waals surface area contributed by atoms with Crippen molar-refractivity contribution in [3.05, 3.63) is 90.1 Å². The molecule has 2 aromatic carbocycles. The van der Waals surface area contributed by atoms with Gasteiger partial charge in [0.15, 0.2) is 17.3 Å². The number of aromatic nitrogens is 2. The average Bonchev–Trinajstić information content (AvgIpc) is 3.57. The van der Waals surface area contributed by atoms with Gasteiger partial charge in [0.25, 0.3) is 5.91 Å². The summed E-state index contributed by atoms with van der Waals surface area (Å²) in [4.78, 5) is 25.4. The summed E-state index contributed by atoms with van der Waals surface area (Å²) >= 11 is 0. The van der Waals surface area contributed by atoms with Gasteiger partial charge < -0.3 is 23.9 Å². The third-order valence-corrected chi connectivity index (χ3v) is 4.81. The van der Waals surface area contributed by atoms with Crippen molar-refractivity contribution in [3.8, 4) is 17.2 Å². The number of nitrogens with zero attached hydrogens (tertiary/aromatic N) is 2. The van der Waals surface area contributed by atoms with Gasteiger partial charge >= 0.3 is 5.97 Å². The van der Waals surface area contributed by atoms with E-state index in [-0.39, 0.29) is 23.6 Å². The molecule has 0 radical (unpaired) electrons. The van der Waals surface area contributed by atoms with E-state index in [1.807, 2.05) is 36.5 Å². The molecule has 168 valence electrons. The monoisotopic (exact) mass is 447 g/mol. The van der Waals surface area contributed by atoms with Crippen molar-refractivity contribution in [2.45, 2.75) is 6.61 Å². The Morgan fingerprint density at radius 1 is 1.03 bits per heavy atom. The summed E-state index contributed by atoms with van der Waals surface area (Å²) in [5, 5.41) is 6.84. The van der Waals surface area contributed by atoms with Gasteiger partial charge in [-0.1, -0.05) is 12.1 Å². The molecule has 0 aliphatic carbocycles. The van der Waals surface area contributed by atoms with Crippen LogP contribution in [0.15, 0.2) is 77.7 Å². The van der Waals surface area contributed by atoms with Crippen molar-refractivity contribution in [1.29, 1.82) is 0 Å². The Balaban J connectivity index is 1.53. The van der Waals surface area contributed by atoms with Gasteiger partial charge in [0, 0.05) is 24.5 Å². The molecule has 4 rings (SSSR count). The largest absolute Gasteiger partial charge is 0.493 e. The summed E-state index contributed by atoms with van der Waals surface area (Å²) in [5.41, 5.74) is 1.99. The number of rotatable bonds is 8. The first kappa shape index (κ1) is 21.7. The number of nitrogens with one attached hydrogen (secondary N) is 1. The summed E-state index contributed by atoms with van der Waals surface area (Å²) in [7, 11) is 2.91.